The topological polar surface area (TPSA) is 129 Å². The van der Waals surface area contributed by atoms with E-state index < -0.39 is 24.3 Å². The van der Waals surface area contributed by atoms with Gasteiger partial charge in [0, 0.05) is 36.3 Å². The fraction of sp³-hybridized carbons (Fsp3) is 0.393. The largest absolute Gasteiger partial charge is 0.480 e. The molecule has 4 heterocycles. The number of benzene rings is 2. The van der Waals surface area contributed by atoms with Gasteiger partial charge in [-0.2, -0.15) is 23.1 Å². The molecule has 42 heavy (non-hydrogen) atoms. The summed E-state index contributed by atoms with van der Waals surface area (Å²) in [5.41, 5.74) is 7.41. The Morgan fingerprint density at radius 1 is 1.14 bits per heavy atom. The summed E-state index contributed by atoms with van der Waals surface area (Å²) in [7, 11) is 0. The number of carbonyl (C=O) groups is 1. The second-order valence-corrected chi connectivity index (χ2v) is 11.3. The first-order chi connectivity index (χ1) is 20.0. The number of fused-ring (bicyclic) bond motifs is 1. The molecule has 14 heteroatoms. The maximum Gasteiger partial charge on any atom is 0.429 e. The van der Waals surface area contributed by atoms with Crippen LogP contribution in [0.1, 0.15) is 30.9 Å². The molecule has 3 aromatic rings. The Morgan fingerprint density at radius 2 is 1.90 bits per heavy atom. The van der Waals surface area contributed by atoms with Crippen LogP contribution < -0.4 is 30.9 Å². The molecule has 0 unspecified atom stereocenters. The van der Waals surface area contributed by atoms with E-state index in [0.29, 0.717) is 50.4 Å². The van der Waals surface area contributed by atoms with Crippen LogP contribution in [0.25, 0.3) is 0 Å². The maximum absolute atomic E-state index is 14.6. The van der Waals surface area contributed by atoms with Crippen LogP contribution in [0.5, 0.6) is 5.88 Å². The molecule has 3 aliphatic heterocycles. The summed E-state index contributed by atoms with van der Waals surface area (Å²) < 4.78 is 49.5. The first-order valence-electron chi connectivity index (χ1n) is 13.5. The van der Waals surface area contributed by atoms with E-state index >= 15 is 0 Å². The third-order valence-electron chi connectivity index (χ3n) is 8.24. The minimum absolute atomic E-state index is 0.134. The van der Waals surface area contributed by atoms with Gasteiger partial charge in [-0.15, -0.1) is 0 Å². The van der Waals surface area contributed by atoms with Gasteiger partial charge in [0.05, 0.1) is 23.7 Å². The van der Waals surface area contributed by atoms with Crippen molar-refractivity contribution in [1.82, 2.24) is 15.3 Å². The second kappa shape index (κ2) is 10.7. The van der Waals surface area contributed by atoms with Gasteiger partial charge in [0.25, 0.3) is 0 Å². The third-order valence-corrected chi connectivity index (χ3v) is 8.47. The van der Waals surface area contributed by atoms with Crippen LogP contribution in [0.3, 0.4) is 0 Å². The van der Waals surface area contributed by atoms with Gasteiger partial charge in [0.1, 0.15) is 11.9 Å². The Labute approximate surface area is 244 Å². The molecule has 3 aliphatic rings. The van der Waals surface area contributed by atoms with Crippen LogP contribution in [-0.4, -0.2) is 59.6 Å². The Kier molecular flexibility index (Phi) is 7.17. The lowest BCUT2D eigenvalue weighted by Gasteiger charge is -2.39. The summed E-state index contributed by atoms with van der Waals surface area (Å²) in [5.74, 6) is -1.04. The minimum atomic E-state index is -4.80. The number of aromatic nitrogens is 2. The Morgan fingerprint density at radius 3 is 2.62 bits per heavy atom. The van der Waals surface area contributed by atoms with Gasteiger partial charge in [-0.05, 0) is 48.9 Å². The molecule has 5 N–H and O–H groups in total. The number of nitrogen functional groups attached to an aromatic ring is 1. The Hall–Kier alpha value is -3.97. The molecule has 0 radical (unpaired) electrons. The molecule has 0 amide bonds. The van der Waals surface area contributed by atoms with Crippen molar-refractivity contribution in [2.75, 3.05) is 47.2 Å². The van der Waals surface area contributed by atoms with Crippen LogP contribution in [0.15, 0.2) is 48.5 Å². The molecule has 222 valence electrons. The monoisotopic (exact) mass is 603 g/mol. The van der Waals surface area contributed by atoms with Crippen LogP contribution in [0.4, 0.5) is 42.0 Å². The summed E-state index contributed by atoms with van der Waals surface area (Å²) in [6, 6.07) is 12.3. The number of carboxylic acid groups (broad SMARTS) is 1. The Bertz CT molecular complexity index is 1500. The maximum atomic E-state index is 14.6. The molecule has 2 aromatic carbocycles. The number of nitrogens with one attached hydrogen (secondary N) is 2. The van der Waals surface area contributed by atoms with Gasteiger partial charge in [0.2, 0.25) is 17.9 Å². The lowest BCUT2D eigenvalue weighted by atomic mass is 9.76. The zero-order chi connectivity index (χ0) is 29.6. The van der Waals surface area contributed by atoms with Crippen LogP contribution >= 0.6 is 11.6 Å². The lowest BCUT2D eigenvalue weighted by Crippen LogP contribution is -2.41. The summed E-state index contributed by atoms with van der Waals surface area (Å²) >= 11 is 6.25. The number of carboxylic acids is 1. The molecule has 6 rings (SSSR count). The molecule has 0 saturated carbocycles. The molecule has 2 fully saturated rings. The summed E-state index contributed by atoms with van der Waals surface area (Å²) in [5, 5.41) is 15.9. The lowest BCUT2D eigenvalue weighted by molar-refractivity contribution is -0.198. The standard InChI is InChI=1S/C28H29ClF3N7O3/c29-16-5-6-17(21(11-16)39-15-35-18-3-1-2-4-20(18)39)24(28(30,31)32)42-23-12-22(36-26(33)37-23)38-9-7-27(8-10-38)13-19(25(40)41)34-14-27/h1-6,11-12,19,24,34-35H,7-10,13-15H2,(H,40,41)(H2,33,36,37)/t19-,24+/m0/s1. The van der Waals surface area contributed by atoms with Crippen LogP contribution in [0.2, 0.25) is 5.02 Å². The van der Waals surface area contributed by atoms with Gasteiger partial charge < -0.3 is 36.0 Å². The van der Waals surface area contributed by atoms with E-state index in [1.54, 1.807) is 4.90 Å². The number of nitrogens with zero attached hydrogens (tertiary/aromatic N) is 4. The highest BCUT2D eigenvalue weighted by Crippen LogP contribution is 2.46. The summed E-state index contributed by atoms with van der Waals surface area (Å²) in [6.45, 7) is 1.93. The zero-order valence-electron chi connectivity index (χ0n) is 22.4. The number of piperidine rings is 1. The highest BCUT2D eigenvalue weighted by molar-refractivity contribution is 6.31. The predicted molar refractivity (Wildman–Crippen MR) is 152 cm³/mol. The molecule has 0 bridgehead atoms. The fourth-order valence-electron chi connectivity index (χ4n) is 6.06. The predicted octanol–water partition coefficient (Wildman–Crippen LogP) is 4.95. The molecule has 1 spiro atoms. The smallest absolute Gasteiger partial charge is 0.429 e. The van der Waals surface area contributed by atoms with Gasteiger partial charge in [-0.25, -0.2) is 0 Å². The fourth-order valence-corrected chi connectivity index (χ4v) is 6.22. The van der Waals surface area contributed by atoms with Crippen LogP contribution in [0, 0.1) is 5.41 Å². The van der Waals surface area contributed by atoms with Crippen LogP contribution in [-0.2, 0) is 4.79 Å². The third kappa shape index (κ3) is 5.45. The molecule has 2 saturated heterocycles. The minimum Gasteiger partial charge on any atom is -0.480 e. The van der Waals surface area contributed by atoms with Crippen molar-refractivity contribution in [3.8, 4) is 5.88 Å². The van der Waals surface area contributed by atoms with E-state index in [4.69, 9.17) is 22.1 Å². The van der Waals surface area contributed by atoms with Crippen molar-refractivity contribution in [2.24, 2.45) is 5.41 Å². The number of anilines is 5. The van der Waals surface area contributed by atoms with E-state index in [0.717, 1.165) is 5.69 Å². The van der Waals surface area contributed by atoms with Gasteiger partial charge in [-0.1, -0.05) is 29.8 Å². The van der Waals surface area contributed by atoms with Crippen molar-refractivity contribution >= 4 is 46.4 Å². The average Bonchev–Trinajstić information content (AvgIpc) is 3.56. The van der Waals surface area contributed by atoms with Crippen molar-refractivity contribution in [1.29, 1.82) is 0 Å². The number of nitrogens with two attached hydrogens (primary N) is 1. The molecule has 1 aromatic heterocycles. The highest BCUT2D eigenvalue weighted by Gasteiger charge is 2.46. The number of rotatable bonds is 6. The van der Waals surface area contributed by atoms with E-state index in [2.05, 4.69) is 20.6 Å². The SMILES string of the molecule is Nc1nc(O[C@H](c2ccc(Cl)cc2N2CNc3ccccc32)C(F)(F)F)cc(N2CCC3(CC2)CN[C@H](C(=O)O)C3)n1. The molecular formula is C28H29ClF3N7O3. The molecule has 2 atom stereocenters. The van der Waals surface area contributed by atoms with Crippen molar-refractivity contribution in [2.45, 2.75) is 37.6 Å². The van der Waals surface area contributed by atoms with E-state index in [1.807, 2.05) is 29.2 Å². The number of halogens is 4. The number of alkyl halides is 3. The normalized spacial score (nSPS) is 20.3. The molecular weight excluding hydrogens is 575 g/mol. The number of hydrogen-bond acceptors (Lipinski definition) is 9. The van der Waals surface area contributed by atoms with E-state index in [9.17, 15) is 23.1 Å². The molecule has 0 aliphatic carbocycles. The van der Waals surface area contributed by atoms with Crippen molar-refractivity contribution in [3.05, 3.63) is 59.1 Å². The summed E-state index contributed by atoms with van der Waals surface area (Å²) in [6.07, 6.45) is -5.24. The van der Waals surface area contributed by atoms with E-state index in [1.165, 1.54) is 24.3 Å². The zero-order valence-corrected chi connectivity index (χ0v) is 23.1. The van der Waals surface area contributed by atoms with E-state index in [-0.39, 0.29) is 40.2 Å². The van der Waals surface area contributed by atoms with Gasteiger partial charge in [-0.3, -0.25) is 4.79 Å². The second-order valence-electron chi connectivity index (χ2n) is 10.9. The quantitative estimate of drug-likeness (QED) is 0.307. The number of aliphatic carboxylic acids is 1. The van der Waals surface area contributed by atoms with Crippen molar-refractivity contribution < 1.29 is 27.8 Å². The number of para-hydroxylation sites is 2. The number of hydrogen-bond donors (Lipinski definition) is 4. The number of ether oxygens (including phenoxy) is 1. The van der Waals surface area contributed by atoms with Gasteiger partial charge in [0.15, 0.2) is 0 Å². The first kappa shape index (κ1) is 28.2. The summed E-state index contributed by atoms with van der Waals surface area (Å²) in [4.78, 5) is 23.3. The van der Waals surface area contributed by atoms with Crippen molar-refractivity contribution in [3.63, 3.8) is 0 Å². The first-order valence-corrected chi connectivity index (χ1v) is 13.9. The molecule has 10 nitrogen and oxygen atoms in total. The van der Waals surface area contributed by atoms with Gasteiger partial charge >= 0.3 is 12.1 Å². The Balaban J connectivity index is 1.27. The average molecular weight is 604 g/mol. The highest BCUT2D eigenvalue weighted by atomic mass is 35.5.